The summed E-state index contributed by atoms with van der Waals surface area (Å²) in [5, 5.41) is 0. The van der Waals surface area contributed by atoms with Gasteiger partial charge in [-0.1, -0.05) is 12.1 Å². The van der Waals surface area contributed by atoms with E-state index < -0.39 is 0 Å². The molecule has 1 aromatic carbocycles. The van der Waals surface area contributed by atoms with Gasteiger partial charge < -0.3 is 15.4 Å². The molecule has 1 aromatic rings. The van der Waals surface area contributed by atoms with Crippen molar-refractivity contribution in [1.82, 2.24) is 4.90 Å². The molecule has 1 amide bonds. The number of likely N-dealkylation sites (tertiary alicyclic amines) is 1. The number of amides is 1. The number of carbonyl (C=O) groups is 1. The molecule has 0 saturated carbocycles. The first-order chi connectivity index (χ1) is 9.10. The van der Waals surface area contributed by atoms with Gasteiger partial charge in [-0.2, -0.15) is 0 Å². The Morgan fingerprint density at radius 3 is 2.95 bits per heavy atom. The van der Waals surface area contributed by atoms with Crippen LogP contribution in [-0.4, -0.2) is 36.5 Å². The number of nitrogens with two attached hydrogens (primary N) is 1. The van der Waals surface area contributed by atoms with E-state index in [-0.39, 0.29) is 18.6 Å². The summed E-state index contributed by atoms with van der Waals surface area (Å²) < 4.78 is 5.56. The number of benzene rings is 1. The van der Waals surface area contributed by atoms with E-state index in [2.05, 4.69) is 6.92 Å². The maximum Gasteiger partial charge on any atom is 0.260 e. The molecule has 0 radical (unpaired) electrons. The van der Waals surface area contributed by atoms with Crippen LogP contribution < -0.4 is 10.5 Å². The summed E-state index contributed by atoms with van der Waals surface area (Å²) in [6, 6.07) is 8.00. The number of hydrogen-bond donors (Lipinski definition) is 1. The normalized spacial score (nSPS) is 22.6. The molecule has 0 spiro atoms. The fourth-order valence-electron chi connectivity index (χ4n) is 2.59. The van der Waals surface area contributed by atoms with Crippen molar-refractivity contribution >= 4 is 5.91 Å². The summed E-state index contributed by atoms with van der Waals surface area (Å²) in [6.07, 6.45) is 0.993. The minimum absolute atomic E-state index is 0.0463. The standard InChI is InChI=1S/C15H22N2O2/c1-11-4-3-5-14(6-11)19-10-15(18)17-9-13(8-16)7-12(17)2/h3-6,12-13H,7-10,16H2,1-2H3. The Labute approximate surface area is 114 Å². The molecule has 1 aliphatic heterocycles. The lowest BCUT2D eigenvalue weighted by atomic mass is 10.1. The zero-order valence-electron chi connectivity index (χ0n) is 11.6. The molecule has 2 N–H and O–H groups in total. The molecule has 0 bridgehead atoms. The first kappa shape index (κ1) is 13.9. The van der Waals surface area contributed by atoms with Gasteiger partial charge in [0.1, 0.15) is 5.75 Å². The van der Waals surface area contributed by atoms with Crippen molar-refractivity contribution in [2.75, 3.05) is 19.7 Å². The quantitative estimate of drug-likeness (QED) is 0.896. The van der Waals surface area contributed by atoms with Crippen LogP contribution in [0.25, 0.3) is 0 Å². The van der Waals surface area contributed by atoms with Gasteiger partial charge >= 0.3 is 0 Å². The largest absolute Gasteiger partial charge is 0.484 e. The first-order valence-electron chi connectivity index (χ1n) is 6.79. The average Bonchev–Trinajstić information content (AvgIpc) is 2.77. The van der Waals surface area contributed by atoms with Crippen molar-refractivity contribution in [2.24, 2.45) is 11.7 Å². The molecule has 0 aliphatic carbocycles. The van der Waals surface area contributed by atoms with Crippen LogP contribution in [0.4, 0.5) is 0 Å². The summed E-state index contributed by atoms with van der Waals surface area (Å²) in [7, 11) is 0. The second kappa shape index (κ2) is 6.06. The first-order valence-corrected chi connectivity index (χ1v) is 6.79. The zero-order chi connectivity index (χ0) is 13.8. The van der Waals surface area contributed by atoms with E-state index in [1.54, 1.807) is 0 Å². The van der Waals surface area contributed by atoms with Gasteiger partial charge in [-0.05, 0) is 50.4 Å². The Morgan fingerprint density at radius 2 is 2.32 bits per heavy atom. The van der Waals surface area contributed by atoms with Crippen molar-refractivity contribution in [3.05, 3.63) is 29.8 Å². The van der Waals surface area contributed by atoms with Gasteiger partial charge in [0.05, 0.1) is 0 Å². The number of rotatable bonds is 4. The van der Waals surface area contributed by atoms with Crippen molar-refractivity contribution in [2.45, 2.75) is 26.3 Å². The van der Waals surface area contributed by atoms with E-state index in [0.717, 1.165) is 24.3 Å². The highest BCUT2D eigenvalue weighted by molar-refractivity contribution is 5.78. The number of carbonyl (C=O) groups excluding carboxylic acids is 1. The monoisotopic (exact) mass is 262 g/mol. The third kappa shape index (κ3) is 3.47. The van der Waals surface area contributed by atoms with Crippen LogP contribution >= 0.6 is 0 Å². The highest BCUT2D eigenvalue weighted by Gasteiger charge is 2.31. The molecule has 1 fully saturated rings. The number of aryl methyl sites for hydroxylation is 1. The van der Waals surface area contributed by atoms with Gasteiger partial charge in [0.2, 0.25) is 0 Å². The number of hydrogen-bond acceptors (Lipinski definition) is 3. The third-order valence-corrected chi connectivity index (χ3v) is 3.67. The van der Waals surface area contributed by atoms with Crippen LogP contribution in [-0.2, 0) is 4.79 Å². The van der Waals surface area contributed by atoms with E-state index >= 15 is 0 Å². The second-order valence-electron chi connectivity index (χ2n) is 5.34. The lowest BCUT2D eigenvalue weighted by Crippen LogP contribution is -2.37. The maximum atomic E-state index is 12.1. The van der Waals surface area contributed by atoms with Gasteiger partial charge in [0, 0.05) is 12.6 Å². The highest BCUT2D eigenvalue weighted by atomic mass is 16.5. The van der Waals surface area contributed by atoms with E-state index in [0.29, 0.717) is 12.5 Å². The minimum Gasteiger partial charge on any atom is -0.484 e. The Kier molecular flexibility index (Phi) is 4.43. The van der Waals surface area contributed by atoms with Gasteiger partial charge in [-0.25, -0.2) is 0 Å². The van der Waals surface area contributed by atoms with Gasteiger partial charge in [-0.15, -0.1) is 0 Å². The van der Waals surface area contributed by atoms with Gasteiger partial charge in [0.25, 0.3) is 5.91 Å². The number of ether oxygens (including phenoxy) is 1. The van der Waals surface area contributed by atoms with E-state index in [1.807, 2.05) is 36.1 Å². The van der Waals surface area contributed by atoms with E-state index in [4.69, 9.17) is 10.5 Å². The molecule has 19 heavy (non-hydrogen) atoms. The Hall–Kier alpha value is -1.55. The maximum absolute atomic E-state index is 12.1. The van der Waals surface area contributed by atoms with Crippen molar-refractivity contribution < 1.29 is 9.53 Å². The van der Waals surface area contributed by atoms with Crippen LogP contribution in [0.3, 0.4) is 0 Å². The lowest BCUT2D eigenvalue weighted by molar-refractivity contribution is -0.134. The van der Waals surface area contributed by atoms with E-state index in [9.17, 15) is 4.79 Å². The number of nitrogens with zero attached hydrogens (tertiary/aromatic N) is 1. The predicted molar refractivity (Wildman–Crippen MR) is 75.0 cm³/mol. The van der Waals surface area contributed by atoms with Crippen LogP contribution in [0.2, 0.25) is 0 Å². The predicted octanol–water partition coefficient (Wildman–Crippen LogP) is 1.57. The summed E-state index contributed by atoms with van der Waals surface area (Å²) in [5.74, 6) is 1.22. The summed E-state index contributed by atoms with van der Waals surface area (Å²) in [4.78, 5) is 14.0. The van der Waals surface area contributed by atoms with E-state index in [1.165, 1.54) is 0 Å². The Balaban J connectivity index is 1.88. The average molecular weight is 262 g/mol. The molecule has 104 valence electrons. The molecule has 4 heteroatoms. The molecule has 1 saturated heterocycles. The van der Waals surface area contributed by atoms with Crippen molar-refractivity contribution in [3.63, 3.8) is 0 Å². The molecule has 1 heterocycles. The van der Waals surface area contributed by atoms with Gasteiger partial charge in [0.15, 0.2) is 6.61 Å². The molecular formula is C15H22N2O2. The summed E-state index contributed by atoms with van der Waals surface area (Å²) in [6.45, 7) is 5.58. The Bertz CT molecular complexity index is 448. The SMILES string of the molecule is Cc1cccc(OCC(=O)N2CC(CN)CC2C)c1. The minimum atomic E-state index is 0.0463. The molecule has 0 aromatic heterocycles. The van der Waals surface area contributed by atoms with Gasteiger partial charge in [-0.3, -0.25) is 4.79 Å². The summed E-state index contributed by atoms with van der Waals surface area (Å²) in [5.41, 5.74) is 6.80. The van der Waals surface area contributed by atoms with Crippen LogP contribution in [0.5, 0.6) is 5.75 Å². The fraction of sp³-hybridized carbons (Fsp3) is 0.533. The van der Waals surface area contributed by atoms with Crippen molar-refractivity contribution in [1.29, 1.82) is 0 Å². The molecule has 2 rings (SSSR count). The summed E-state index contributed by atoms with van der Waals surface area (Å²) >= 11 is 0. The Morgan fingerprint density at radius 1 is 1.53 bits per heavy atom. The smallest absolute Gasteiger partial charge is 0.260 e. The fourth-order valence-corrected chi connectivity index (χ4v) is 2.59. The zero-order valence-corrected chi connectivity index (χ0v) is 11.6. The molecular weight excluding hydrogens is 240 g/mol. The topological polar surface area (TPSA) is 55.6 Å². The third-order valence-electron chi connectivity index (χ3n) is 3.67. The lowest BCUT2D eigenvalue weighted by Gasteiger charge is -2.21. The van der Waals surface area contributed by atoms with Crippen LogP contribution in [0.15, 0.2) is 24.3 Å². The van der Waals surface area contributed by atoms with Crippen LogP contribution in [0, 0.1) is 12.8 Å². The van der Waals surface area contributed by atoms with Crippen molar-refractivity contribution in [3.8, 4) is 5.75 Å². The molecule has 1 aliphatic rings. The highest BCUT2D eigenvalue weighted by Crippen LogP contribution is 2.22. The molecule has 4 nitrogen and oxygen atoms in total. The molecule has 2 unspecified atom stereocenters. The van der Waals surface area contributed by atoms with Crippen LogP contribution in [0.1, 0.15) is 18.9 Å². The molecule has 2 atom stereocenters. The second-order valence-corrected chi connectivity index (χ2v) is 5.34.